The molecule has 2 N–H and O–H groups in total. The molecule has 1 aliphatic heterocycles. The molecule has 0 fully saturated rings. The van der Waals surface area contributed by atoms with E-state index in [1.54, 1.807) is 4.57 Å². The summed E-state index contributed by atoms with van der Waals surface area (Å²) in [5.74, 6) is 0.311. The number of sulfonamides is 1. The number of carbonyl (C=O) groups excluding carboxylic acids is 1. The van der Waals surface area contributed by atoms with E-state index in [1.165, 1.54) is 28.9 Å². The molecule has 0 aliphatic carbocycles. The van der Waals surface area contributed by atoms with Crippen molar-refractivity contribution in [2.24, 2.45) is 0 Å². The van der Waals surface area contributed by atoms with Crippen molar-refractivity contribution in [2.75, 3.05) is 10.0 Å². The van der Waals surface area contributed by atoms with Crippen molar-refractivity contribution in [3.8, 4) is 0 Å². The van der Waals surface area contributed by atoms with Crippen molar-refractivity contribution in [3.63, 3.8) is 0 Å². The first-order valence-electron chi connectivity index (χ1n) is 10.9. The molecule has 0 spiro atoms. The normalized spacial score (nSPS) is 13.8. The lowest BCUT2D eigenvalue weighted by Gasteiger charge is -2.13. The summed E-state index contributed by atoms with van der Waals surface area (Å²) in [4.78, 5) is 25.1. The maximum absolute atomic E-state index is 12.8. The van der Waals surface area contributed by atoms with E-state index in [0.717, 1.165) is 42.6 Å². The van der Waals surface area contributed by atoms with E-state index in [4.69, 9.17) is 0 Å². The average molecular weight is 470 g/mol. The van der Waals surface area contributed by atoms with Crippen LogP contribution in [-0.2, 0) is 34.3 Å². The summed E-state index contributed by atoms with van der Waals surface area (Å²) in [7, 11) is -3.78. The highest BCUT2D eigenvalue weighted by Crippen LogP contribution is 2.24. The van der Waals surface area contributed by atoms with E-state index < -0.39 is 15.9 Å². The fourth-order valence-electron chi connectivity index (χ4n) is 3.95. The number of fused-ring (bicyclic) bond motifs is 1. The molecule has 2 heterocycles. The van der Waals surface area contributed by atoms with Crippen molar-refractivity contribution >= 4 is 27.3 Å². The zero-order chi connectivity index (χ0) is 23.6. The number of hydrogen-bond donors (Lipinski definition) is 2. The average Bonchev–Trinajstić information content (AvgIpc) is 2.92. The second-order valence-electron chi connectivity index (χ2n) is 8.26. The predicted octanol–water partition coefficient (Wildman–Crippen LogP) is 2.83. The Morgan fingerprint density at radius 2 is 1.73 bits per heavy atom. The van der Waals surface area contributed by atoms with E-state index in [-0.39, 0.29) is 17.1 Å². The molecule has 0 saturated carbocycles. The molecule has 33 heavy (non-hydrogen) atoms. The van der Waals surface area contributed by atoms with E-state index in [0.29, 0.717) is 17.9 Å². The minimum Gasteiger partial charge on any atom is -0.324 e. The van der Waals surface area contributed by atoms with Crippen LogP contribution in [0.5, 0.6) is 0 Å². The Morgan fingerprint density at radius 3 is 2.42 bits per heavy atom. The van der Waals surface area contributed by atoms with Crippen LogP contribution in [0.2, 0.25) is 0 Å². The van der Waals surface area contributed by atoms with Crippen LogP contribution in [0, 0.1) is 13.8 Å². The first-order valence-corrected chi connectivity index (χ1v) is 12.4. The van der Waals surface area contributed by atoms with Gasteiger partial charge in [0.2, 0.25) is 5.91 Å². The standard InChI is InChI=1S/C23H27N5O4S/c1-16-7-6-8-17(2)22(16)26-33(31,32)19-12-10-18(11-13-19)24-21(29)15-28-23(30)27-14-5-3-4-9-20(27)25-28/h6-8,10-13,26H,3-5,9,14-15H2,1-2H3,(H,24,29). The zero-order valence-corrected chi connectivity index (χ0v) is 19.5. The first kappa shape index (κ1) is 22.8. The predicted molar refractivity (Wildman–Crippen MR) is 126 cm³/mol. The molecular formula is C23H27N5O4S. The summed E-state index contributed by atoms with van der Waals surface area (Å²) in [6.07, 6.45) is 3.71. The number of amides is 1. The summed E-state index contributed by atoms with van der Waals surface area (Å²) in [6.45, 7) is 4.11. The van der Waals surface area contributed by atoms with Gasteiger partial charge in [0.15, 0.2) is 0 Å². The van der Waals surface area contributed by atoms with Crippen LogP contribution < -0.4 is 15.7 Å². The fraction of sp³-hybridized carbons (Fsp3) is 0.348. The Balaban J connectivity index is 1.43. The van der Waals surface area contributed by atoms with Gasteiger partial charge in [0.05, 0.1) is 10.6 Å². The van der Waals surface area contributed by atoms with Gasteiger partial charge in [-0.05, 0) is 62.1 Å². The van der Waals surface area contributed by atoms with Crippen LogP contribution in [0.15, 0.2) is 52.2 Å². The minimum absolute atomic E-state index is 0.0808. The van der Waals surface area contributed by atoms with Gasteiger partial charge in [0, 0.05) is 18.7 Å². The van der Waals surface area contributed by atoms with Crippen LogP contribution in [0.1, 0.15) is 36.2 Å². The molecule has 1 aromatic heterocycles. The van der Waals surface area contributed by atoms with Gasteiger partial charge in [-0.2, -0.15) is 5.10 Å². The molecule has 1 amide bonds. The van der Waals surface area contributed by atoms with Crippen LogP contribution in [-0.4, -0.2) is 28.7 Å². The number of anilines is 2. The summed E-state index contributed by atoms with van der Waals surface area (Å²) in [5, 5.41) is 7.00. The van der Waals surface area contributed by atoms with Crippen molar-refractivity contribution in [1.29, 1.82) is 0 Å². The first-order chi connectivity index (χ1) is 15.7. The molecule has 174 valence electrons. The molecule has 0 radical (unpaired) electrons. The second-order valence-corrected chi connectivity index (χ2v) is 9.95. The van der Waals surface area contributed by atoms with Crippen molar-refractivity contribution in [1.82, 2.24) is 14.3 Å². The third kappa shape index (κ3) is 5.00. The summed E-state index contributed by atoms with van der Waals surface area (Å²) < 4.78 is 31.0. The lowest BCUT2D eigenvalue weighted by Crippen LogP contribution is -2.30. The summed E-state index contributed by atoms with van der Waals surface area (Å²) in [5.41, 5.74) is 2.36. The third-order valence-electron chi connectivity index (χ3n) is 5.74. The third-order valence-corrected chi connectivity index (χ3v) is 7.11. The molecule has 1 aliphatic rings. The van der Waals surface area contributed by atoms with Crippen LogP contribution in [0.25, 0.3) is 0 Å². The quantitative estimate of drug-likeness (QED) is 0.576. The smallest absolute Gasteiger partial charge is 0.324 e. The van der Waals surface area contributed by atoms with Crippen molar-refractivity contribution in [3.05, 3.63) is 69.9 Å². The van der Waals surface area contributed by atoms with Crippen LogP contribution in [0.3, 0.4) is 0 Å². The molecule has 9 nitrogen and oxygen atoms in total. The molecule has 0 unspecified atom stereocenters. The summed E-state index contributed by atoms with van der Waals surface area (Å²) in [6, 6.07) is 11.4. The summed E-state index contributed by atoms with van der Waals surface area (Å²) >= 11 is 0. The topological polar surface area (TPSA) is 115 Å². The highest BCUT2D eigenvalue weighted by atomic mass is 32.2. The van der Waals surface area contributed by atoms with Crippen molar-refractivity contribution in [2.45, 2.75) is 57.5 Å². The Labute approximate surface area is 192 Å². The van der Waals surface area contributed by atoms with Gasteiger partial charge >= 0.3 is 5.69 Å². The number of rotatable bonds is 6. The van der Waals surface area contributed by atoms with E-state index in [2.05, 4.69) is 15.1 Å². The van der Waals surface area contributed by atoms with Gasteiger partial charge in [0.25, 0.3) is 10.0 Å². The van der Waals surface area contributed by atoms with Crippen LogP contribution >= 0.6 is 0 Å². The number of aromatic nitrogens is 3. The Kier molecular flexibility index (Phi) is 6.37. The molecule has 0 atom stereocenters. The largest absolute Gasteiger partial charge is 0.346 e. The molecule has 2 aromatic carbocycles. The molecule has 0 bridgehead atoms. The molecule has 0 saturated heterocycles. The number of hydrogen-bond acceptors (Lipinski definition) is 5. The number of nitrogens with one attached hydrogen (secondary N) is 2. The molecule has 10 heteroatoms. The van der Waals surface area contributed by atoms with Crippen LogP contribution in [0.4, 0.5) is 11.4 Å². The fourth-order valence-corrected chi connectivity index (χ4v) is 5.15. The maximum atomic E-state index is 12.8. The Bertz CT molecular complexity index is 1320. The highest BCUT2D eigenvalue weighted by Gasteiger charge is 2.19. The monoisotopic (exact) mass is 469 g/mol. The van der Waals surface area contributed by atoms with E-state index >= 15 is 0 Å². The van der Waals surface area contributed by atoms with E-state index in [9.17, 15) is 18.0 Å². The number of aryl methyl sites for hydroxylation is 3. The number of carbonyl (C=O) groups is 1. The van der Waals surface area contributed by atoms with Crippen molar-refractivity contribution < 1.29 is 13.2 Å². The highest BCUT2D eigenvalue weighted by molar-refractivity contribution is 7.92. The Hall–Kier alpha value is -3.40. The van der Waals surface area contributed by atoms with Gasteiger partial charge in [-0.25, -0.2) is 17.9 Å². The molecular weight excluding hydrogens is 442 g/mol. The lowest BCUT2D eigenvalue weighted by molar-refractivity contribution is -0.117. The van der Waals surface area contributed by atoms with Gasteiger partial charge in [0.1, 0.15) is 12.4 Å². The minimum atomic E-state index is -3.78. The van der Waals surface area contributed by atoms with Gasteiger partial charge in [-0.3, -0.25) is 14.1 Å². The Morgan fingerprint density at radius 1 is 1.03 bits per heavy atom. The number of benzene rings is 2. The number of para-hydroxylation sites is 1. The SMILES string of the molecule is Cc1cccc(C)c1NS(=O)(=O)c1ccc(NC(=O)Cn2nc3n(c2=O)CCCCC3)cc1. The van der Waals surface area contributed by atoms with Gasteiger partial charge < -0.3 is 5.32 Å². The van der Waals surface area contributed by atoms with Gasteiger partial charge in [-0.1, -0.05) is 24.6 Å². The second kappa shape index (κ2) is 9.22. The maximum Gasteiger partial charge on any atom is 0.346 e. The number of nitrogens with zero attached hydrogens (tertiary/aromatic N) is 3. The lowest BCUT2D eigenvalue weighted by atomic mass is 10.1. The molecule has 4 rings (SSSR count). The van der Waals surface area contributed by atoms with E-state index in [1.807, 2.05) is 32.0 Å². The zero-order valence-electron chi connectivity index (χ0n) is 18.7. The van der Waals surface area contributed by atoms with Gasteiger partial charge in [-0.15, -0.1) is 0 Å². The molecule has 3 aromatic rings.